The van der Waals surface area contributed by atoms with Crippen molar-refractivity contribution >= 4 is 32.2 Å². The van der Waals surface area contributed by atoms with E-state index in [1.165, 1.54) is 18.2 Å². The zero-order valence-corrected chi connectivity index (χ0v) is 26.2. The van der Waals surface area contributed by atoms with E-state index in [1.54, 1.807) is 48.5 Å². The highest BCUT2D eigenvalue weighted by Crippen LogP contribution is 2.75. The Hall–Kier alpha value is -2.28. The quantitative estimate of drug-likeness (QED) is 0.146. The number of rotatable bonds is 14. The highest BCUT2D eigenvalue weighted by molar-refractivity contribution is 7.80. The maximum atomic E-state index is 14.6. The van der Waals surface area contributed by atoms with Gasteiger partial charge in [0.15, 0.2) is 4.90 Å². The fourth-order valence-electron chi connectivity index (χ4n) is 4.66. The molecule has 0 amide bonds. The molecule has 9 nitrogen and oxygen atoms in total. The SMILES string of the molecule is CCOP(=O)(c1ccc(OC(=O)C(C)C)c(C(C)(C)CC(=O)OCc2ccccc2)c1)C(CC)(CC)P(=O)(O)O. The summed E-state index contributed by atoms with van der Waals surface area (Å²) in [6.45, 7) is 11.7. The normalized spacial score (nSPS) is 14.1. The molecule has 0 spiro atoms. The van der Waals surface area contributed by atoms with Gasteiger partial charge in [0.05, 0.1) is 18.9 Å². The molecule has 1 atom stereocenters. The molecule has 0 fully saturated rings. The van der Waals surface area contributed by atoms with Crippen LogP contribution in [0, 0.1) is 5.92 Å². The first-order valence-corrected chi connectivity index (χ1v) is 16.7. The van der Waals surface area contributed by atoms with Crippen LogP contribution in [-0.2, 0) is 40.0 Å². The predicted octanol–water partition coefficient (Wildman–Crippen LogP) is 6.29. The first-order valence-electron chi connectivity index (χ1n) is 13.4. The summed E-state index contributed by atoms with van der Waals surface area (Å²) in [7, 11) is -9.15. The molecular weight excluding hydrogens is 554 g/mol. The van der Waals surface area contributed by atoms with E-state index < -0.39 is 43.1 Å². The van der Waals surface area contributed by atoms with Crippen LogP contribution in [0.2, 0.25) is 0 Å². The Bertz CT molecular complexity index is 1260. The molecule has 2 rings (SSSR count). The van der Waals surface area contributed by atoms with E-state index in [0.717, 1.165) is 5.56 Å². The number of ether oxygens (including phenoxy) is 2. The highest BCUT2D eigenvalue weighted by atomic mass is 31.2. The fraction of sp³-hybridized carbons (Fsp3) is 0.517. The molecule has 0 saturated carbocycles. The third-order valence-electron chi connectivity index (χ3n) is 7.08. The Morgan fingerprint density at radius 2 is 1.55 bits per heavy atom. The van der Waals surface area contributed by atoms with Crippen LogP contribution >= 0.6 is 15.0 Å². The minimum absolute atomic E-state index is 0.0480. The van der Waals surface area contributed by atoms with Gasteiger partial charge in [-0.1, -0.05) is 71.9 Å². The van der Waals surface area contributed by atoms with Gasteiger partial charge in [-0.25, -0.2) is 0 Å². The van der Waals surface area contributed by atoms with Gasteiger partial charge in [0, 0.05) is 16.3 Å². The third-order valence-corrected chi connectivity index (χ3v) is 13.7. The second-order valence-electron chi connectivity index (χ2n) is 10.7. The Balaban J connectivity index is 2.64. The van der Waals surface area contributed by atoms with Gasteiger partial charge in [0.1, 0.15) is 12.4 Å². The Morgan fingerprint density at radius 1 is 0.950 bits per heavy atom. The molecule has 0 aliphatic rings. The molecule has 0 aliphatic heterocycles. The summed E-state index contributed by atoms with van der Waals surface area (Å²) in [5, 5.41) is 0.0754. The van der Waals surface area contributed by atoms with Crippen LogP contribution in [0.1, 0.15) is 78.9 Å². The zero-order chi connectivity index (χ0) is 30.4. The van der Waals surface area contributed by atoms with Crippen molar-refractivity contribution in [3.05, 3.63) is 59.7 Å². The molecule has 0 aliphatic carbocycles. The smallest absolute Gasteiger partial charge is 0.341 e. The van der Waals surface area contributed by atoms with E-state index in [2.05, 4.69) is 0 Å². The van der Waals surface area contributed by atoms with E-state index in [9.17, 15) is 28.5 Å². The lowest BCUT2D eigenvalue weighted by Gasteiger charge is -2.39. The number of esters is 2. The van der Waals surface area contributed by atoms with Gasteiger partial charge < -0.3 is 23.8 Å². The molecular formula is C29H42O9P2. The van der Waals surface area contributed by atoms with Gasteiger partial charge in [0.2, 0.25) is 7.37 Å². The molecule has 11 heteroatoms. The van der Waals surface area contributed by atoms with Gasteiger partial charge in [-0.05, 0) is 43.5 Å². The Labute approximate surface area is 237 Å². The van der Waals surface area contributed by atoms with Crippen molar-refractivity contribution in [3.8, 4) is 5.75 Å². The monoisotopic (exact) mass is 596 g/mol. The average molecular weight is 597 g/mol. The molecule has 1 unspecified atom stereocenters. The molecule has 40 heavy (non-hydrogen) atoms. The van der Waals surface area contributed by atoms with Crippen molar-refractivity contribution in [2.24, 2.45) is 5.92 Å². The predicted molar refractivity (Wildman–Crippen MR) is 155 cm³/mol. The largest absolute Gasteiger partial charge is 0.461 e. The van der Waals surface area contributed by atoms with Crippen LogP contribution in [-0.4, -0.2) is 33.2 Å². The van der Waals surface area contributed by atoms with Gasteiger partial charge in [-0.2, -0.15) is 0 Å². The van der Waals surface area contributed by atoms with Gasteiger partial charge in [0.25, 0.3) is 0 Å². The van der Waals surface area contributed by atoms with Crippen molar-refractivity contribution in [2.75, 3.05) is 6.61 Å². The molecule has 0 radical (unpaired) electrons. The van der Waals surface area contributed by atoms with E-state index in [0.29, 0.717) is 5.56 Å². The van der Waals surface area contributed by atoms with Crippen LogP contribution in [0.5, 0.6) is 5.75 Å². The molecule has 0 saturated heterocycles. The summed E-state index contributed by atoms with van der Waals surface area (Å²) in [5.74, 6) is -1.29. The van der Waals surface area contributed by atoms with Crippen molar-refractivity contribution in [2.45, 2.75) is 84.6 Å². The van der Waals surface area contributed by atoms with Crippen LogP contribution < -0.4 is 10.0 Å². The third kappa shape index (κ3) is 7.32. The second-order valence-corrected chi connectivity index (χ2v) is 15.7. The van der Waals surface area contributed by atoms with Gasteiger partial charge in [-0.3, -0.25) is 18.7 Å². The lowest BCUT2D eigenvalue weighted by Crippen LogP contribution is -2.34. The fourth-order valence-corrected chi connectivity index (χ4v) is 10.0. The molecule has 2 aromatic carbocycles. The Kier molecular flexibility index (Phi) is 11.5. The molecule has 0 aromatic heterocycles. The lowest BCUT2D eigenvalue weighted by molar-refractivity contribution is -0.146. The molecule has 222 valence electrons. The van der Waals surface area contributed by atoms with Crippen molar-refractivity contribution < 1.29 is 42.5 Å². The summed E-state index contributed by atoms with van der Waals surface area (Å²) < 4.78 is 44.4. The summed E-state index contributed by atoms with van der Waals surface area (Å²) in [4.78, 5) is 44.3. The van der Waals surface area contributed by atoms with E-state index in [4.69, 9.17) is 14.0 Å². The first-order chi connectivity index (χ1) is 18.6. The van der Waals surface area contributed by atoms with Crippen LogP contribution in [0.25, 0.3) is 0 Å². The molecule has 2 N–H and O–H groups in total. The average Bonchev–Trinajstić information content (AvgIpc) is 2.88. The second kappa shape index (κ2) is 13.6. The van der Waals surface area contributed by atoms with E-state index >= 15 is 0 Å². The number of carbonyl (C=O) groups excluding carboxylic acids is 2. The minimum Gasteiger partial charge on any atom is -0.461 e. The lowest BCUT2D eigenvalue weighted by atomic mass is 9.81. The summed E-state index contributed by atoms with van der Waals surface area (Å²) in [6.07, 6.45) is -0.307. The number of carbonyl (C=O) groups is 2. The number of hydrogen-bond donors (Lipinski definition) is 2. The maximum absolute atomic E-state index is 14.6. The van der Waals surface area contributed by atoms with Crippen molar-refractivity contribution in [1.82, 2.24) is 0 Å². The highest BCUT2D eigenvalue weighted by Gasteiger charge is 2.59. The zero-order valence-electron chi connectivity index (χ0n) is 24.4. The standard InChI is InChI=1S/C29H42O9P2/c1-8-29(9-2,40(33,34)35)39(32,37-10-3)23-16-17-25(38-27(31)21(4)5)24(18-23)28(6,7)19-26(30)36-20-22-14-12-11-13-15-22/h11-18,21H,8-10,19-20H2,1-7H3,(H2,33,34,35). The van der Waals surface area contributed by atoms with Gasteiger partial charge in [-0.15, -0.1) is 0 Å². The first kappa shape index (κ1) is 33.9. The summed E-state index contributed by atoms with van der Waals surface area (Å²) >= 11 is 0. The van der Waals surface area contributed by atoms with Crippen LogP contribution in [0.3, 0.4) is 0 Å². The van der Waals surface area contributed by atoms with E-state index in [-0.39, 0.29) is 43.5 Å². The molecule has 0 heterocycles. The topological polar surface area (TPSA) is 136 Å². The molecule has 2 aromatic rings. The minimum atomic E-state index is -4.94. The number of hydrogen-bond acceptors (Lipinski definition) is 7. The van der Waals surface area contributed by atoms with Crippen LogP contribution in [0.4, 0.5) is 0 Å². The van der Waals surface area contributed by atoms with Crippen LogP contribution in [0.15, 0.2) is 48.5 Å². The van der Waals surface area contributed by atoms with Crippen molar-refractivity contribution in [1.29, 1.82) is 0 Å². The van der Waals surface area contributed by atoms with E-state index in [1.807, 2.05) is 30.3 Å². The van der Waals surface area contributed by atoms with Gasteiger partial charge >= 0.3 is 19.5 Å². The molecule has 0 bridgehead atoms. The summed E-state index contributed by atoms with van der Waals surface area (Å²) in [6, 6.07) is 13.6. The Morgan fingerprint density at radius 3 is 2.05 bits per heavy atom. The summed E-state index contributed by atoms with van der Waals surface area (Å²) in [5.41, 5.74) is 0.201. The maximum Gasteiger partial charge on any atom is 0.341 e. The number of benzene rings is 2. The van der Waals surface area contributed by atoms with Crippen molar-refractivity contribution in [3.63, 3.8) is 0 Å².